The highest BCUT2D eigenvalue weighted by Gasteiger charge is 2.27. The Kier molecular flexibility index (Phi) is 3.96. The molecule has 0 fully saturated rings. The van der Waals surface area contributed by atoms with E-state index in [2.05, 4.69) is 0 Å². The number of benzene rings is 1. The molecular weight excluding hydrogens is 244 g/mol. The summed E-state index contributed by atoms with van der Waals surface area (Å²) in [6.45, 7) is 1.50. The lowest BCUT2D eigenvalue weighted by molar-refractivity contribution is -0.105. The number of rotatable bonds is 3. The number of aryl methyl sites for hydroxylation is 1. The molecule has 0 N–H and O–H groups in total. The van der Waals surface area contributed by atoms with Crippen molar-refractivity contribution in [3.63, 3.8) is 0 Å². The summed E-state index contributed by atoms with van der Waals surface area (Å²) in [6, 6.07) is 2.19. The number of aldehydes is 1. The molecule has 1 aromatic rings. The van der Waals surface area contributed by atoms with Crippen LogP contribution < -0.4 is 0 Å². The molecule has 0 atom stereocenters. The zero-order chi connectivity index (χ0) is 12.3. The molecule has 88 valence electrons. The molecule has 0 aliphatic carbocycles. The van der Waals surface area contributed by atoms with Crippen LogP contribution in [0.15, 0.2) is 17.0 Å². The lowest BCUT2D eigenvalue weighted by atomic mass is 10.1. The van der Waals surface area contributed by atoms with Gasteiger partial charge in [0.1, 0.15) is 5.82 Å². The van der Waals surface area contributed by atoms with Gasteiger partial charge in [0, 0.05) is 4.90 Å². The number of hydrogen-bond donors (Lipinski definition) is 0. The van der Waals surface area contributed by atoms with E-state index in [1.54, 1.807) is 0 Å². The van der Waals surface area contributed by atoms with Crippen LogP contribution in [0.2, 0.25) is 0 Å². The summed E-state index contributed by atoms with van der Waals surface area (Å²) in [4.78, 5) is 10.7. The van der Waals surface area contributed by atoms with Crippen LogP contribution >= 0.6 is 11.8 Å². The third-order valence-corrected chi connectivity index (χ3v) is 3.04. The molecule has 0 aliphatic rings. The fourth-order valence-electron chi connectivity index (χ4n) is 1.07. The number of thioether (sulfide) groups is 1. The van der Waals surface area contributed by atoms with Gasteiger partial charge in [-0.2, -0.15) is 13.2 Å². The van der Waals surface area contributed by atoms with Gasteiger partial charge < -0.3 is 0 Å². The van der Waals surface area contributed by atoms with E-state index in [0.29, 0.717) is 17.3 Å². The van der Waals surface area contributed by atoms with Gasteiger partial charge in [-0.25, -0.2) is 4.39 Å². The van der Waals surface area contributed by atoms with E-state index < -0.39 is 17.7 Å². The van der Waals surface area contributed by atoms with Crippen LogP contribution in [0, 0.1) is 12.7 Å². The number of carbonyl (C=O) groups is 1. The fraction of sp³-hybridized carbons (Fsp3) is 0.300. The molecule has 0 aliphatic heterocycles. The highest BCUT2D eigenvalue weighted by molar-refractivity contribution is 7.99. The van der Waals surface area contributed by atoms with Crippen molar-refractivity contribution in [1.82, 2.24) is 0 Å². The van der Waals surface area contributed by atoms with Crippen molar-refractivity contribution in [1.29, 1.82) is 0 Å². The topological polar surface area (TPSA) is 17.1 Å². The number of halogens is 4. The minimum absolute atomic E-state index is 0.227. The molecule has 0 saturated heterocycles. The van der Waals surface area contributed by atoms with Gasteiger partial charge in [-0.3, -0.25) is 4.79 Å². The first-order valence-electron chi connectivity index (χ1n) is 4.28. The second-order valence-corrected chi connectivity index (χ2v) is 4.18. The van der Waals surface area contributed by atoms with Crippen LogP contribution in [0.1, 0.15) is 15.9 Å². The molecule has 0 heterocycles. The van der Waals surface area contributed by atoms with Crippen LogP contribution in [0.5, 0.6) is 0 Å². The third-order valence-electron chi connectivity index (χ3n) is 1.81. The van der Waals surface area contributed by atoms with Crippen molar-refractivity contribution in [3.05, 3.63) is 29.1 Å². The predicted molar refractivity (Wildman–Crippen MR) is 53.3 cm³/mol. The van der Waals surface area contributed by atoms with Gasteiger partial charge in [0.15, 0.2) is 6.29 Å². The van der Waals surface area contributed by atoms with Gasteiger partial charge in [0.2, 0.25) is 0 Å². The number of hydrogen-bond acceptors (Lipinski definition) is 2. The van der Waals surface area contributed by atoms with E-state index >= 15 is 0 Å². The summed E-state index contributed by atoms with van der Waals surface area (Å²) in [5.41, 5.74) is 0.160. The van der Waals surface area contributed by atoms with E-state index in [9.17, 15) is 22.4 Å². The monoisotopic (exact) mass is 252 g/mol. The molecule has 0 aromatic heterocycles. The van der Waals surface area contributed by atoms with Crippen LogP contribution in [0.25, 0.3) is 0 Å². The molecule has 6 heteroatoms. The molecule has 1 nitrogen and oxygen atoms in total. The Bertz CT molecular complexity index is 401. The maximum absolute atomic E-state index is 13.0. The predicted octanol–water partition coefficient (Wildman–Crippen LogP) is 3.60. The first-order chi connectivity index (χ1) is 7.33. The van der Waals surface area contributed by atoms with Gasteiger partial charge in [-0.1, -0.05) is 0 Å². The number of carbonyl (C=O) groups excluding carboxylic acids is 1. The average molecular weight is 252 g/mol. The number of alkyl halides is 3. The third kappa shape index (κ3) is 3.52. The van der Waals surface area contributed by atoms with Gasteiger partial charge in [0.05, 0.1) is 11.3 Å². The van der Waals surface area contributed by atoms with Crippen LogP contribution in [0.4, 0.5) is 17.6 Å². The first kappa shape index (κ1) is 13.0. The lowest BCUT2D eigenvalue weighted by Gasteiger charge is -2.09. The summed E-state index contributed by atoms with van der Waals surface area (Å²) in [5, 5.41) is 0. The minimum atomic E-state index is -4.28. The van der Waals surface area contributed by atoms with Gasteiger partial charge in [0.25, 0.3) is 0 Å². The maximum atomic E-state index is 13.0. The van der Waals surface area contributed by atoms with Crippen molar-refractivity contribution < 1.29 is 22.4 Å². The molecule has 1 aromatic carbocycles. The molecule has 0 radical (unpaired) electrons. The van der Waals surface area contributed by atoms with Crippen molar-refractivity contribution >= 4 is 18.0 Å². The van der Waals surface area contributed by atoms with Crippen molar-refractivity contribution in [2.24, 2.45) is 0 Å². The second-order valence-electron chi connectivity index (χ2n) is 3.16. The van der Waals surface area contributed by atoms with E-state index in [1.807, 2.05) is 0 Å². The quantitative estimate of drug-likeness (QED) is 0.464. The Labute approximate surface area is 93.8 Å². The first-order valence-corrected chi connectivity index (χ1v) is 5.27. The Morgan fingerprint density at radius 3 is 2.50 bits per heavy atom. The summed E-state index contributed by atoms with van der Waals surface area (Å²) < 4.78 is 49.0. The summed E-state index contributed by atoms with van der Waals surface area (Å²) >= 11 is 0.542. The zero-order valence-corrected chi connectivity index (χ0v) is 9.08. The highest BCUT2D eigenvalue weighted by atomic mass is 32.2. The molecular formula is C10H8F4OS. The Morgan fingerprint density at radius 2 is 2.00 bits per heavy atom. The normalized spacial score (nSPS) is 11.6. The van der Waals surface area contributed by atoms with Crippen molar-refractivity contribution in [2.75, 3.05) is 5.75 Å². The summed E-state index contributed by atoms with van der Waals surface area (Å²) in [7, 11) is 0. The molecule has 0 saturated carbocycles. The van der Waals surface area contributed by atoms with Crippen LogP contribution in [0.3, 0.4) is 0 Å². The van der Waals surface area contributed by atoms with Crippen LogP contribution in [-0.4, -0.2) is 18.2 Å². The Balaban J connectivity index is 2.92. The smallest absolute Gasteiger partial charge is 0.298 e. The average Bonchev–Trinajstić information content (AvgIpc) is 2.15. The van der Waals surface area contributed by atoms with Crippen molar-refractivity contribution in [3.8, 4) is 0 Å². The fourth-order valence-corrected chi connectivity index (χ4v) is 1.89. The van der Waals surface area contributed by atoms with Gasteiger partial charge in [-0.15, -0.1) is 11.8 Å². The van der Waals surface area contributed by atoms with Crippen molar-refractivity contribution in [2.45, 2.75) is 18.0 Å². The SMILES string of the molecule is Cc1cc(F)c(C=O)cc1SCC(F)(F)F. The highest BCUT2D eigenvalue weighted by Crippen LogP contribution is 2.30. The minimum Gasteiger partial charge on any atom is -0.298 e. The molecule has 0 unspecified atom stereocenters. The summed E-state index contributed by atoms with van der Waals surface area (Å²) in [6.07, 6.45) is -4.00. The van der Waals surface area contributed by atoms with E-state index in [1.165, 1.54) is 6.92 Å². The lowest BCUT2D eigenvalue weighted by Crippen LogP contribution is -2.10. The largest absolute Gasteiger partial charge is 0.398 e. The second kappa shape index (κ2) is 4.86. The Hall–Kier alpha value is -1.04. The molecule has 16 heavy (non-hydrogen) atoms. The molecule has 0 spiro atoms. The van der Waals surface area contributed by atoms with E-state index in [0.717, 1.165) is 12.1 Å². The van der Waals surface area contributed by atoms with E-state index in [4.69, 9.17) is 0 Å². The standard InChI is InChI=1S/C10H8F4OS/c1-6-2-8(11)7(4-15)3-9(6)16-5-10(12,13)14/h2-4H,5H2,1H3. The zero-order valence-electron chi connectivity index (χ0n) is 8.27. The van der Waals surface area contributed by atoms with E-state index in [-0.39, 0.29) is 16.7 Å². The molecule has 0 bridgehead atoms. The molecule has 1 rings (SSSR count). The van der Waals surface area contributed by atoms with Crippen LogP contribution in [-0.2, 0) is 0 Å². The summed E-state index contributed by atoms with van der Waals surface area (Å²) in [5.74, 6) is -1.78. The maximum Gasteiger partial charge on any atom is 0.398 e. The van der Waals surface area contributed by atoms with Gasteiger partial charge in [-0.05, 0) is 24.6 Å². The molecule has 0 amide bonds. The van der Waals surface area contributed by atoms with Gasteiger partial charge >= 0.3 is 6.18 Å². The Morgan fingerprint density at radius 1 is 1.38 bits per heavy atom.